The molecule has 0 aromatic heterocycles. The number of unbranched alkanes of at least 4 members (excludes halogenated alkanes) is 3. The van der Waals surface area contributed by atoms with Gasteiger partial charge < -0.3 is 16.0 Å². The Morgan fingerprint density at radius 1 is 1.00 bits per heavy atom. The van der Waals surface area contributed by atoms with Crippen molar-refractivity contribution >= 4 is 23.3 Å². The normalized spacial score (nSPS) is 10.4. The van der Waals surface area contributed by atoms with Gasteiger partial charge in [-0.2, -0.15) is 0 Å². The molecular weight excluding hydrogens is 290 g/mol. The molecule has 3 amide bonds. The number of urea groups is 1. The average Bonchev–Trinajstić information content (AvgIpc) is 2.45. The van der Waals surface area contributed by atoms with Crippen molar-refractivity contribution in [3.63, 3.8) is 0 Å². The molecule has 3 N–H and O–H groups in total. The van der Waals surface area contributed by atoms with Gasteiger partial charge in [-0.15, -0.1) is 0 Å². The van der Waals surface area contributed by atoms with Gasteiger partial charge in [-0.3, -0.25) is 4.79 Å². The first-order valence-electron chi connectivity index (χ1n) is 8.40. The summed E-state index contributed by atoms with van der Waals surface area (Å²) in [6, 6.07) is 6.87. The summed E-state index contributed by atoms with van der Waals surface area (Å²) in [6.07, 6.45) is 5.90. The van der Waals surface area contributed by atoms with Gasteiger partial charge in [-0.05, 0) is 30.5 Å². The molecule has 0 radical (unpaired) electrons. The van der Waals surface area contributed by atoms with Crippen LogP contribution in [0, 0.1) is 5.92 Å². The fourth-order valence-corrected chi connectivity index (χ4v) is 2.29. The molecular formula is C18H29N3O2. The van der Waals surface area contributed by atoms with Crippen molar-refractivity contribution in [2.45, 2.75) is 52.9 Å². The summed E-state index contributed by atoms with van der Waals surface area (Å²) < 4.78 is 0. The molecule has 5 nitrogen and oxygen atoms in total. The second-order valence-electron chi connectivity index (χ2n) is 6.24. The zero-order valence-electron chi connectivity index (χ0n) is 14.4. The van der Waals surface area contributed by atoms with Crippen LogP contribution in [0.5, 0.6) is 0 Å². The first kappa shape index (κ1) is 19.0. The van der Waals surface area contributed by atoms with Gasteiger partial charge in [-0.25, -0.2) is 4.79 Å². The molecule has 0 fully saturated rings. The van der Waals surface area contributed by atoms with Crippen molar-refractivity contribution in [2.75, 3.05) is 17.2 Å². The molecule has 0 spiro atoms. The molecule has 0 unspecified atom stereocenters. The minimum atomic E-state index is -0.216. The average molecular weight is 319 g/mol. The number of hydrogen-bond acceptors (Lipinski definition) is 2. The monoisotopic (exact) mass is 319 g/mol. The molecule has 1 aromatic carbocycles. The Labute approximate surface area is 139 Å². The van der Waals surface area contributed by atoms with Crippen molar-refractivity contribution in [1.29, 1.82) is 0 Å². The van der Waals surface area contributed by atoms with Crippen LogP contribution >= 0.6 is 0 Å². The van der Waals surface area contributed by atoms with E-state index in [1.807, 2.05) is 0 Å². The summed E-state index contributed by atoms with van der Waals surface area (Å²) in [5.41, 5.74) is 1.33. The highest BCUT2D eigenvalue weighted by molar-refractivity contribution is 5.92. The van der Waals surface area contributed by atoms with Crippen LogP contribution in [0.4, 0.5) is 16.2 Å². The number of carbonyl (C=O) groups is 2. The molecule has 0 saturated carbocycles. The third-order valence-electron chi connectivity index (χ3n) is 3.43. The molecule has 5 heteroatoms. The van der Waals surface area contributed by atoms with E-state index in [4.69, 9.17) is 0 Å². The van der Waals surface area contributed by atoms with E-state index in [1.54, 1.807) is 24.3 Å². The maximum Gasteiger partial charge on any atom is 0.319 e. The lowest BCUT2D eigenvalue weighted by Gasteiger charge is -2.09. The largest absolute Gasteiger partial charge is 0.338 e. The molecule has 0 aliphatic carbocycles. The van der Waals surface area contributed by atoms with Crippen LogP contribution in [0.3, 0.4) is 0 Å². The summed E-state index contributed by atoms with van der Waals surface area (Å²) in [4.78, 5) is 22.8. The summed E-state index contributed by atoms with van der Waals surface area (Å²) in [5, 5.41) is 8.31. The predicted molar refractivity (Wildman–Crippen MR) is 95.7 cm³/mol. The van der Waals surface area contributed by atoms with Crippen LogP contribution in [0.15, 0.2) is 24.3 Å². The smallest absolute Gasteiger partial charge is 0.319 e. The molecule has 23 heavy (non-hydrogen) atoms. The van der Waals surface area contributed by atoms with E-state index in [-0.39, 0.29) is 11.9 Å². The summed E-state index contributed by atoms with van der Waals surface area (Å²) in [5.74, 6) is 0.635. The van der Waals surface area contributed by atoms with Gasteiger partial charge in [0.1, 0.15) is 0 Å². The Bertz CT molecular complexity index is 501. The molecule has 128 valence electrons. The topological polar surface area (TPSA) is 70.2 Å². The molecule has 0 bridgehead atoms. The second kappa shape index (κ2) is 10.6. The van der Waals surface area contributed by atoms with Gasteiger partial charge in [-0.1, -0.05) is 45.6 Å². The van der Waals surface area contributed by atoms with E-state index in [9.17, 15) is 9.59 Å². The minimum absolute atomic E-state index is 0.135. The minimum Gasteiger partial charge on any atom is -0.338 e. The van der Waals surface area contributed by atoms with Gasteiger partial charge in [0.15, 0.2) is 0 Å². The van der Waals surface area contributed by atoms with E-state index in [1.165, 1.54) is 26.2 Å². The van der Waals surface area contributed by atoms with Crippen LogP contribution in [0.25, 0.3) is 0 Å². The maximum absolute atomic E-state index is 11.8. The second-order valence-corrected chi connectivity index (χ2v) is 6.24. The molecule has 0 heterocycles. The van der Waals surface area contributed by atoms with Crippen LogP contribution < -0.4 is 16.0 Å². The van der Waals surface area contributed by atoms with Crippen LogP contribution in [0.1, 0.15) is 52.9 Å². The van der Waals surface area contributed by atoms with E-state index in [0.717, 1.165) is 18.8 Å². The van der Waals surface area contributed by atoms with E-state index >= 15 is 0 Å². The van der Waals surface area contributed by atoms with Crippen LogP contribution in [0.2, 0.25) is 0 Å². The number of benzene rings is 1. The summed E-state index contributed by atoms with van der Waals surface area (Å²) >= 11 is 0. The fraction of sp³-hybridized carbons (Fsp3) is 0.556. The lowest BCUT2D eigenvalue weighted by molar-refractivity contribution is -0.114. The van der Waals surface area contributed by atoms with Crippen molar-refractivity contribution in [1.82, 2.24) is 5.32 Å². The van der Waals surface area contributed by atoms with Crippen molar-refractivity contribution in [2.24, 2.45) is 5.92 Å². The highest BCUT2D eigenvalue weighted by atomic mass is 16.2. The van der Waals surface area contributed by atoms with Crippen molar-refractivity contribution < 1.29 is 9.59 Å². The molecule has 1 aromatic rings. The number of rotatable bonds is 9. The molecule has 0 aliphatic heterocycles. The first-order valence-corrected chi connectivity index (χ1v) is 8.40. The van der Waals surface area contributed by atoms with E-state index in [2.05, 4.69) is 29.8 Å². The van der Waals surface area contributed by atoms with Gasteiger partial charge >= 0.3 is 6.03 Å². The Morgan fingerprint density at radius 3 is 2.30 bits per heavy atom. The number of anilines is 2. The zero-order valence-corrected chi connectivity index (χ0v) is 14.4. The lowest BCUT2D eigenvalue weighted by atomic mass is 10.0. The standard InChI is InChI=1S/C18H29N3O2/c1-14(2)9-6-4-5-7-12-19-18(23)21-17-11-8-10-16(13-17)20-15(3)22/h8,10-11,13-14H,4-7,9,12H2,1-3H3,(H,20,22)(H2,19,21,23). The lowest BCUT2D eigenvalue weighted by Crippen LogP contribution is -2.29. The Hall–Kier alpha value is -2.04. The van der Waals surface area contributed by atoms with Gasteiger partial charge in [0.25, 0.3) is 0 Å². The number of hydrogen-bond donors (Lipinski definition) is 3. The summed E-state index contributed by atoms with van der Waals surface area (Å²) in [6.45, 7) is 6.62. The van der Waals surface area contributed by atoms with E-state index in [0.29, 0.717) is 17.9 Å². The Balaban J connectivity index is 2.20. The molecule has 0 saturated heterocycles. The van der Waals surface area contributed by atoms with Crippen molar-refractivity contribution in [3.05, 3.63) is 24.3 Å². The van der Waals surface area contributed by atoms with Gasteiger partial charge in [0.05, 0.1) is 0 Å². The number of amides is 3. The zero-order chi connectivity index (χ0) is 17.1. The number of carbonyl (C=O) groups excluding carboxylic acids is 2. The van der Waals surface area contributed by atoms with Crippen LogP contribution in [-0.4, -0.2) is 18.5 Å². The molecule has 0 atom stereocenters. The van der Waals surface area contributed by atoms with Crippen LogP contribution in [-0.2, 0) is 4.79 Å². The van der Waals surface area contributed by atoms with Gasteiger partial charge in [0.2, 0.25) is 5.91 Å². The molecule has 0 aliphatic rings. The predicted octanol–water partition coefficient (Wildman–Crippen LogP) is 4.37. The third kappa shape index (κ3) is 9.55. The number of nitrogens with one attached hydrogen (secondary N) is 3. The fourth-order valence-electron chi connectivity index (χ4n) is 2.29. The third-order valence-corrected chi connectivity index (χ3v) is 3.43. The van der Waals surface area contributed by atoms with Gasteiger partial charge in [0, 0.05) is 24.8 Å². The quantitative estimate of drug-likeness (QED) is 0.591. The highest BCUT2D eigenvalue weighted by Gasteiger charge is 2.03. The van der Waals surface area contributed by atoms with E-state index < -0.39 is 0 Å². The van der Waals surface area contributed by atoms with Crippen molar-refractivity contribution in [3.8, 4) is 0 Å². The SMILES string of the molecule is CC(=O)Nc1cccc(NC(=O)NCCCCCCC(C)C)c1. The summed E-state index contributed by atoms with van der Waals surface area (Å²) in [7, 11) is 0. The maximum atomic E-state index is 11.8. The highest BCUT2D eigenvalue weighted by Crippen LogP contribution is 2.15. The Kier molecular flexibility index (Phi) is 8.80. The molecule has 1 rings (SSSR count). The Morgan fingerprint density at radius 2 is 1.65 bits per heavy atom. The first-order chi connectivity index (χ1) is 11.0.